The van der Waals surface area contributed by atoms with Crippen LogP contribution < -0.4 is 0 Å². The van der Waals surface area contributed by atoms with Gasteiger partial charge in [0.05, 0.1) is 5.92 Å². The molecule has 0 saturated carbocycles. The molecule has 1 saturated heterocycles. The molecule has 1 fully saturated rings. The highest BCUT2D eigenvalue weighted by molar-refractivity contribution is 7.76. The van der Waals surface area contributed by atoms with Gasteiger partial charge in [0.2, 0.25) is 11.3 Å². The van der Waals surface area contributed by atoms with Crippen LogP contribution in [0.2, 0.25) is 0 Å². The van der Waals surface area contributed by atoms with Crippen LogP contribution >= 0.6 is 0 Å². The van der Waals surface area contributed by atoms with Gasteiger partial charge in [0, 0.05) is 13.1 Å². The van der Waals surface area contributed by atoms with Gasteiger partial charge in [-0.2, -0.15) is 13.2 Å². The van der Waals surface area contributed by atoms with E-state index in [-0.39, 0.29) is 19.5 Å². The largest absolute Gasteiger partial charge is 0.393 e. The second-order valence-corrected chi connectivity index (χ2v) is 3.98. The molecule has 0 aliphatic carbocycles. The van der Waals surface area contributed by atoms with Gasteiger partial charge in [0.1, 0.15) is 0 Å². The fourth-order valence-corrected chi connectivity index (χ4v) is 1.94. The quantitative estimate of drug-likeness (QED) is 0.674. The molecule has 3 nitrogen and oxygen atoms in total. The molecule has 0 amide bonds. The summed E-state index contributed by atoms with van der Waals surface area (Å²) < 4.78 is 56.5. The predicted molar refractivity (Wildman–Crippen MR) is 41.1 cm³/mol. The van der Waals surface area contributed by atoms with Crippen molar-refractivity contribution >= 4 is 11.3 Å². The monoisotopic (exact) mass is 217 g/mol. The normalized spacial score (nSPS) is 28.8. The highest BCUT2D eigenvalue weighted by Gasteiger charge is 2.42. The summed E-state index contributed by atoms with van der Waals surface area (Å²) in [6.07, 6.45) is -3.88. The van der Waals surface area contributed by atoms with Crippen molar-refractivity contribution < 1.29 is 21.9 Å². The first kappa shape index (κ1) is 10.9. The van der Waals surface area contributed by atoms with E-state index in [1.165, 1.54) is 0 Å². The summed E-state index contributed by atoms with van der Waals surface area (Å²) in [6.45, 7) is -0.109. The van der Waals surface area contributed by atoms with Gasteiger partial charge in [0.25, 0.3) is 0 Å². The maximum absolute atomic E-state index is 12.2. The lowest BCUT2D eigenvalue weighted by Gasteiger charge is -2.30. The zero-order valence-electron chi connectivity index (χ0n) is 6.75. The van der Waals surface area contributed by atoms with E-state index in [9.17, 15) is 17.4 Å². The van der Waals surface area contributed by atoms with E-state index in [1.54, 1.807) is 0 Å². The molecule has 1 N–H and O–H groups in total. The molecule has 1 rings (SSSR count). The third kappa shape index (κ3) is 2.92. The van der Waals surface area contributed by atoms with E-state index in [1.807, 2.05) is 0 Å². The minimum atomic E-state index is -4.25. The topological polar surface area (TPSA) is 40.5 Å². The maximum atomic E-state index is 12.2. The SMILES string of the molecule is O=S(O)N1CCCC(C(F)(F)F)C1. The van der Waals surface area contributed by atoms with E-state index in [2.05, 4.69) is 0 Å². The van der Waals surface area contributed by atoms with Crippen LogP contribution in [0.3, 0.4) is 0 Å². The number of hydrogen-bond donors (Lipinski definition) is 1. The lowest BCUT2D eigenvalue weighted by Crippen LogP contribution is -2.42. The van der Waals surface area contributed by atoms with Crippen molar-refractivity contribution in [3.05, 3.63) is 0 Å². The molecule has 0 aromatic carbocycles. The van der Waals surface area contributed by atoms with Gasteiger partial charge < -0.3 is 0 Å². The molecular weight excluding hydrogens is 207 g/mol. The van der Waals surface area contributed by atoms with Gasteiger partial charge in [-0.25, -0.2) is 8.51 Å². The highest BCUT2D eigenvalue weighted by atomic mass is 32.2. The fourth-order valence-electron chi connectivity index (χ4n) is 1.35. The molecule has 1 aliphatic rings. The van der Waals surface area contributed by atoms with Crippen LogP contribution in [-0.4, -0.2) is 32.3 Å². The highest BCUT2D eigenvalue weighted by Crippen LogP contribution is 2.33. The van der Waals surface area contributed by atoms with Crippen molar-refractivity contribution in [3.63, 3.8) is 0 Å². The van der Waals surface area contributed by atoms with E-state index in [0.717, 1.165) is 4.31 Å². The summed E-state index contributed by atoms with van der Waals surface area (Å²) in [5.74, 6) is -1.46. The number of alkyl halides is 3. The molecule has 1 aliphatic heterocycles. The molecule has 13 heavy (non-hydrogen) atoms. The third-order valence-electron chi connectivity index (χ3n) is 2.07. The molecule has 7 heteroatoms. The lowest BCUT2D eigenvalue weighted by molar-refractivity contribution is -0.182. The van der Waals surface area contributed by atoms with Crippen LogP contribution in [0.4, 0.5) is 13.2 Å². The van der Waals surface area contributed by atoms with Crippen molar-refractivity contribution in [2.75, 3.05) is 13.1 Å². The molecule has 0 aromatic heterocycles. The molecule has 0 radical (unpaired) electrons. The Balaban J connectivity index is 2.57. The Morgan fingerprint density at radius 3 is 2.54 bits per heavy atom. The Hall–Kier alpha value is -0.140. The molecule has 78 valence electrons. The van der Waals surface area contributed by atoms with E-state index in [4.69, 9.17) is 4.55 Å². The minimum absolute atomic E-state index is 0.0528. The van der Waals surface area contributed by atoms with E-state index in [0.29, 0.717) is 6.42 Å². The Morgan fingerprint density at radius 1 is 1.46 bits per heavy atom. The standard InChI is InChI=1S/C6H10F3NO2S/c7-6(8,9)5-2-1-3-10(4-5)13(11)12/h5H,1-4H2,(H,11,12). The number of halogens is 3. The van der Waals surface area contributed by atoms with Gasteiger partial charge >= 0.3 is 6.18 Å². The van der Waals surface area contributed by atoms with Gasteiger partial charge in [-0.15, -0.1) is 0 Å². The predicted octanol–water partition coefficient (Wildman–Crippen LogP) is 1.40. The minimum Gasteiger partial charge on any atom is -0.294 e. The Morgan fingerprint density at radius 2 is 2.08 bits per heavy atom. The van der Waals surface area contributed by atoms with Crippen molar-refractivity contribution in [1.29, 1.82) is 0 Å². The van der Waals surface area contributed by atoms with Crippen molar-refractivity contribution in [3.8, 4) is 0 Å². The molecule has 2 unspecified atom stereocenters. The van der Waals surface area contributed by atoms with Crippen LogP contribution in [0.15, 0.2) is 0 Å². The summed E-state index contributed by atoms with van der Waals surface area (Å²) in [6, 6.07) is 0. The number of hydrogen-bond acceptors (Lipinski definition) is 1. The van der Waals surface area contributed by atoms with Crippen LogP contribution in [0.1, 0.15) is 12.8 Å². The third-order valence-corrected chi connectivity index (χ3v) is 2.84. The molecule has 0 aromatic rings. The van der Waals surface area contributed by atoms with Crippen molar-refractivity contribution in [1.82, 2.24) is 4.31 Å². The van der Waals surface area contributed by atoms with Gasteiger partial charge in [-0.3, -0.25) is 4.55 Å². The zero-order valence-corrected chi connectivity index (χ0v) is 7.57. The van der Waals surface area contributed by atoms with Crippen molar-refractivity contribution in [2.45, 2.75) is 19.0 Å². The molecular formula is C6H10F3NO2S. The molecule has 0 spiro atoms. The summed E-state index contributed by atoms with van der Waals surface area (Å²) in [5, 5.41) is 0. The second-order valence-electron chi connectivity index (χ2n) is 3.00. The van der Waals surface area contributed by atoms with Gasteiger partial charge in [-0.1, -0.05) is 0 Å². The van der Waals surface area contributed by atoms with E-state index >= 15 is 0 Å². The summed E-state index contributed by atoms with van der Waals surface area (Å²) in [5.41, 5.74) is 0. The average molecular weight is 217 g/mol. The van der Waals surface area contributed by atoms with E-state index < -0.39 is 23.4 Å². The van der Waals surface area contributed by atoms with Gasteiger partial charge in [0.15, 0.2) is 0 Å². The number of nitrogens with zero attached hydrogens (tertiary/aromatic N) is 1. The maximum Gasteiger partial charge on any atom is 0.393 e. The number of rotatable bonds is 1. The summed E-state index contributed by atoms with van der Waals surface area (Å²) >= 11 is -2.27. The fraction of sp³-hybridized carbons (Fsp3) is 1.00. The first-order chi connectivity index (χ1) is 5.91. The first-order valence-electron chi connectivity index (χ1n) is 3.84. The molecule has 0 bridgehead atoms. The first-order valence-corrected chi connectivity index (χ1v) is 4.90. The average Bonchev–Trinajstić information content (AvgIpc) is 2.03. The number of piperidine rings is 1. The smallest absolute Gasteiger partial charge is 0.294 e. The molecule has 2 atom stereocenters. The van der Waals surface area contributed by atoms with Gasteiger partial charge in [-0.05, 0) is 12.8 Å². The van der Waals surface area contributed by atoms with Crippen molar-refractivity contribution in [2.24, 2.45) is 5.92 Å². The molecule has 1 heterocycles. The summed E-state index contributed by atoms with van der Waals surface area (Å²) in [4.78, 5) is 0. The van der Waals surface area contributed by atoms with Crippen LogP contribution in [-0.2, 0) is 11.3 Å². The Labute approximate surface area is 76.3 Å². The van der Waals surface area contributed by atoms with Crippen LogP contribution in [0.25, 0.3) is 0 Å². The van der Waals surface area contributed by atoms with Crippen LogP contribution in [0, 0.1) is 5.92 Å². The second kappa shape index (κ2) is 3.93. The Bertz CT molecular complexity index is 209. The zero-order chi connectivity index (χ0) is 10.1. The summed E-state index contributed by atoms with van der Waals surface area (Å²) in [7, 11) is 0. The van der Waals surface area contributed by atoms with Crippen LogP contribution in [0.5, 0.6) is 0 Å². The lowest BCUT2D eigenvalue weighted by atomic mass is 9.99. The Kier molecular flexibility index (Phi) is 3.31.